The zero-order valence-corrected chi connectivity index (χ0v) is 11.9. The second-order valence-electron chi connectivity index (χ2n) is 5.07. The molecule has 1 N–H and O–H groups in total. The third kappa shape index (κ3) is 3.81. The maximum Gasteiger partial charge on any atom is 0.238 e. The predicted octanol–water partition coefficient (Wildman–Crippen LogP) is 1.61. The summed E-state index contributed by atoms with van der Waals surface area (Å²) in [4.78, 5) is 25.2. The summed E-state index contributed by atoms with van der Waals surface area (Å²) < 4.78 is 5.23. The quantitative estimate of drug-likeness (QED) is 0.907. The smallest absolute Gasteiger partial charge is 0.238 e. The van der Waals surface area contributed by atoms with Gasteiger partial charge in [0.15, 0.2) is 0 Å². The van der Waals surface area contributed by atoms with E-state index >= 15 is 0 Å². The second kappa shape index (κ2) is 6.52. The molecule has 108 valence electrons. The van der Waals surface area contributed by atoms with E-state index in [1.165, 1.54) is 0 Å². The van der Waals surface area contributed by atoms with E-state index in [4.69, 9.17) is 4.74 Å². The number of ketones is 1. The number of amides is 1. The number of likely N-dealkylation sites (tertiary alicyclic amines) is 1. The molecule has 0 atom stereocenters. The summed E-state index contributed by atoms with van der Waals surface area (Å²) in [6.45, 7) is 3.60. The number of carbonyl (C=O) groups excluding carboxylic acids is 2. The van der Waals surface area contributed by atoms with Crippen LogP contribution in [-0.2, 0) is 9.59 Å². The minimum atomic E-state index is -0.0803. The van der Waals surface area contributed by atoms with Gasteiger partial charge in [-0.1, -0.05) is 6.07 Å². The zero-order chi connectivity index (χ0) is 14.5. The van der Waals surface area contributed by atoms with Crippen molar-refractivity contribution in [1.82, 2.24) is 4.90 Å². The summed E-state index contributed by atoms with van der Waals surface area (Å²) in [5.74, 6) is 0.850. The summed E-state index contributed by atoms with van der Waals surface area (Å²) in [5, 5.41) is 2.87. The van der Waals surface area contributed by atoms with E-state index in [1.54, 1.807) is 7.11 Å². The Morgan fingerprint density at radius 3 is 2.70 bits per heavy atom. The number of Topliss-reactive ketones (excluding diaryl/α,β-unsaturated/α-hetero) is 1. The van der Waals surface area contributed by atoms with Crippen LogP contribution in [0.25, 0.3) is 0 Å². The van der Waals surface area contributed by atoms with Crippen LogP contribution in [0.15, 0.2) is 18.2 Å². The molecule has 5 nitrogen and oxygen atoms in total. The standard InChI is InChI=1S/C15H20N2O3/c1-11-3-4-14(20-2)13(9-11)16-15(19)10-17-7-5-12(18)6-8-17/h3-4,9H,5-8,10H2,1-2H3,(H,16,19). The number of carbonyl (C=O) groups is 2. The largest absolute Gasteiger partial charge is 0.495 e. The number of piperidine rings is 1. The maximum absolute atomic E-state index is 12.0. The fourth-order valence-electron chi connectivity index (χ4n) is 2.27. The highest BCUT2D eigenvalue weighted by molar-refractivity contribution is 5.94. The molecule has 1 aromatic carbocycles. The van der Waals surface area contributed by atoms with Crippen LogP contribution >= 0.6 is 0 Å². The van der Waals surface area contributed by atoms with Gasteiger partial charge in [-0.3, -0.25) is 14.5 Å². The molecule has 2 rings (SSSR count). The van der Waals surface area contributed by atoms with Gasteiger partial charge in [0.25, 0.3) is 0 Å². The van der Waals surface area contributed by atoms with Gasteiger partial charge in [0, 0.05) is 25.9 Å². The van der Waals surface area contributed by atoms with Crippen molar-refractivity contribution in [2.75, 3.05) is 32.1 Å². The van der Waals surface area contributed by atoms with Crippen molar-refractivity contribution in [2.45, 2.75) is 19.8 Å². The lowest BCUT2D eigenvalue weighted by molar-refractivity contribution is -0.124. The van der Waals surface area contributed by atoms with Gasteiger partial charge in [0.1, 0.15) is 11.5 Å². The van der Waals surface area contributed by atoms with Crippen LogP contribution in [0.5, 0.6) is 5.75 Å². The number of rotatable bonds is 4. The molecule has 1 aromatic rings. The molecule has 0 aromatic heterocycles. The van der Waals surface area contributed by atoms with Crippen LogP contribution in [0, 0.1) is 6.92 Å². The fourth-order valence-corrected chi connectivity index (χ4v) is 2.27. The Labute approximate surface area is 118 Å². The molecule has 1 aliphatic heterocycles. The van der Waals surface area contributed by atoms with Crippen molar-refractivity contribution in [3.05, 3.63) is 23.8 Å². The van der Waals surface area contributed by atoms with Crippen LogP contribution in [0.4, 0.5) is 5.69 Å². The number of nitrogens with one attached hydrogen (secondary N) is 1. The Hall–Kier alpha value is -1.88. The Morgan fingerprint density at radius 2 is 2.05 bits per heavy atom. The SMILES string of the molecule is COc1ccc(C)cc1NC(=O)CN1CCC(=O)CC1. The summed E-state index contributed by atoms with van der Waals surface area (Å²) in [6, 6.07) is 5.66. The molecule has 1 heterocycles. The van der Waals surface area contributed by atoms with Gasteiger partial charge in [-0.15, -0.1) is 0 Å². The summed E-state index contributed by atoms with van der Waals surface area (Å²) >= 11 is 0. The molecule has 1 saturated heterocycles. The van der Waals surface area contributed by atoms with Gasteiger partial charge in [0.2, 0.25) is 5.91 Å². The van der Waals surface area contributed by atoms with Crippen LogP contribution < -0.4 is 10.1 Å². The first-order valence-electron chi connectivity index (χ1n) is 6.77. The lowest BCUT2D eigenvalue weighted by atomic mass is 10.1. The number of nitrogens with zero attached hydrogens (tertiary/aromatic N) is 1. The third-order valence-electron chi connectivity index (χ3n) is 3.41. The van der Waals surface area contributed by atoms with E-state index in [1.807, 2.05) is 30.0 Å². The number of hydrogen-bond acceptors (Lipinski definition) is 4. The molecule has 0 saturated carbocycles. The van der Waals surface area contributed by atoms with Crippen molar-refractivity contribution >= 4 is 17.4 Å². The first kappa shape index (κ1) is 14.5. The minimum absolute atomic E-state index is 0.0803. The molecule has 1 aliphatic rings. The molecule has 0 bridgehead atoms. The van der Waals surface area contributed by atoms with Gasteiger partial charge in [-0.25, -0.2) is 0 Å². The molecule has 5 heteroatoms. The van der Waals surface area contributed by atoms with Gasteiger partial charge in [0.05, 0.1) is 19.3 Å². The van der Waals surface area contributed by atoms with E-state index < -0.39 is 0 Å². The molecule has 1 fully saturated rings. The average molecular weight is 276 g/mol. The topological polar surface area (TPSA) is 58.6 Å². The minimum Gasteiger partial charge on any atom is -0.495 e. The molecule has 1 amide bonds. The number of ether oxygens (including phenoxy) is 1. The molecule has 0 aliphatic carbocycles. The highest BCUT2D eigenvalue weighted by Crippen LogP contribution is 2.25. The second-order valence-corrected chi connectivity index (χ2v) is 5.07. The van der Waals surface area contributed by atoms with Crippen molar-refractivity contribution < 1.29 is 14.3 Å². The number of benzene rings is 1. The lowest BCUT2D eigenvalue weighted by Gasteiger charge is -2.25. The molecular weight excluding hydrogens is 256 g/mol. The number of hydrogen-bond donors (Lipinski definition) is 1. The maximum atomic E-state index is 12.0. The van der Waals surface area contributed by atoms with E-state index in [2.05, 4.69) is 5.32 Å². The summed E-state index contributed by atoms with van der Waals surface area (Å²) in [6.07, 6.45) is 1.09. The van der Waals surface area contributed by atoms with Crippen LogP contribution in [-0.4, -0.2) is 43.3 Å². The van der Waals surface area contributed by atoms with Gasteiger partial charge in [-0.2, -0.15) is 0 Å². The first-order chi connectivity index (χ1) is 9.58. The highest BCUT2D eigenvalue weighted by Gasteiger charge is 2.18. The zero-order valence-electron chi connectivity index (χ0n) is 11.9. The first-order valence-corrected chi connectivity index (χ1v) is 6.77. The summed E-state index contributed by atoms with van der Waals surface area (Å²) in [5.41, 5.74) is 1.75. The fraction of sp³-hybridized carbons (Fsp3) is 0.467. The Kier molecular flexibility index (Phi) is 4.74. The van der Waals surface area contributed by atoms with Crippen LogP contribution in [0.1, 0.15) is 18.4 Å². The lowest BCUT2D eigenvalue weighted by Crippen LogP contribution is -2.39. The third-order valence-corrected chi connectivity index (χ3v) is 3.41. The van der Waals surface area contributed by atoms with Gasteiger partial charge < -0.3 is 10.1 Å². The molecule has 20 heavy (non-hydrogen) atoms. The van der Waals surface area contributed by atoms with Crippen molar-refractivity contribution in [2.24, 2.45) is 0 Å². The van der Waals surface area contributed by atoms with Gasteiger partial charge in [-0.05, 0) is 24.6 Å². The van der Waals surface area contributed by atoms with E-state index in [0.29, 0.717) is 43.9 Å². The molecule has 0 spiro atoms. The van der Waals surface area contributed by atoms with Crippen molar-refractivity contribution in [3.63, 3.8) is 0 Å². The number of anilines is 1. The van der Waals surface area contributed by atoms with E-state index in [0.717, 1.165) is 5.56 Å². The average Bonchev–Trinajstić information content (AvgIpc) is 2.41. The number of methoxy groups -OCH3 is 1. The van der Waals surface area contributed by atoms with Crippen molar-refractivity contribution in [3.8, 4) is 5.75 Å². The monoisotopic (exact) mass is 276 g/mol. The summed E-state index contributed by atoms with van der Waals surface area (Å²) in [7, 11) is 1.58. The molecule has 0 unspecified atom stereocenters. The Bertz CT molecular complexity index is 504. The molecule has 0 radical (unpaired) electrons. The van der Waals surface area contributed by atoms with Gasteiger partial charge >= 0.3 is 0 Å². The Balaban J connectivity index is 1.94. The van der Waals surface area contributed by atoms with E-state index in [9.17, 15) is 9.59 Å². The highest BCUT2D eigenvalue weighted by atomic mass is 16.5. The van der Waals surface area contributed by atoms with Crippen LogP contribution in [0.3, 0.4) is 0 Å². The predicted molar refractivity (Wildman–Crippen MR) is 77.0 cm³/mol. The Morgan fingerprint density at radius 1 is 1.35 bits per heavy atom. The van der Waals surface area contributed by atoms with Crippen molar-refractivity contribution in [1.29, 1.82) is 0 Å². The molecular formula is C15H20N2O3. The normalized spacial score (nSPS) is 16.0. The van der Waals surface area contributed by atoms with E-state index in [-0.39, 0.29) is 11.7 Å². The van der Waals surface area contributed by atoms with Crippen LogP contribution in [0.2, 0.25) is 0 Å². The number of aryl methyl sites for hydroxylation is 1.